The molecule has 0 heterocycles. The molecule has 1 unspecified atom stereocenters. The molecule has 6 heteroatoms. The van der Waals surface area contributed by atoms with E-state index >= 15 is 0 Å². The highest BCUT2D eigenvalue weighted by Gasteiger charge is 2.19. The third-order valence-electron chi connectivity index (χ3n) is 13.4. The molecule has 0 aromatic carbocycles. The van der Waals surface area contributed by atoms with E-state index in [-0.39, 0.29) is 31.1 Å². The molecular formula is C71H118O6. The van der Waals surface area contributed by atoms with E-state index < -0.39 is 6.10 Å². The van der Waals surface area contributed by atoms with E-state index in [4.69, 9.17) is 14.2 Å². The molecule has 0 bridgehead atoms. The number of carbonyl (C=O) groups excluding carboxylic acids is 3. The monoisotopic (exact) mass is 1070 g/mol. The fraction of sp³-hybridized carbons (Fsp3) is 0.676. The van der Waals surface area contributed by atoms with Crippen LogP contribution < -0.4 is 0 Å². The summed E-state index contributed by atoms with van der Waals surface area (Å²) in [5.74, 6) is -0.907. The molecule has 0 aliphatic heterocycles. The molecule has 0 saturated heterocycles. The second-order valence-corrected chi connectivity index (χ2v) is 20.9. The highest BCUT2D eigenvalue weighted by Crippen LogP contribution is 2.15. The Bertz CT molecular complexity index is 1600. The summed E-state index contributed by atoms with van der Waals surface area (Å²) in [5, 5.41) is 0. The summed E-state index contributed by atoms with van der Waals surface area (Å²) in [6.45, 7) is 6.46. The first-order chi connectivity index (χ1) is 38.0. The van der Waals surface area contributed by atoms with E-state index in [1.54, 1.807) is 0 Å². The van der Waals surface area contributed by atoms with Gasteiger partial charge in [-0.15, -0.1) is 0 Å². The molecule has 0 N–H and O–H groups in total. The topological polar surface area (TPSA) is 78.9 Å². The first-order valence-electron chi connectivity index (χ1n) is 32.0. The number of hydrogen-bond acceptors (Lipinski definition) is 6. The Morgan fingerprint density at radius 1 is 0.273 bits per heavy atom. The first kappa shape index (κ1) is 72.8. The summed E-state index contributed by atoms with van der Waals surface area (Å²) in [5.41, 5.74) is 0. The summed E-state index contributed by atoms with van der Waals surface area (Å²) in [6, 6.07) is 0. The maximum atomic E-state index is 12.8. The number of allylic oxidation sites excluding steroid dienone is 20. The number of rotatable bonds is 57. The zero-order valence-electron chi connectivity index (χ0n) is 50.2. The van der Waals surface area contributed by atoms with Gasteiger partial charge in [0.25, 0.3) is 0 Å². The molecule has 0 spiro atoms. The van der Waals surface area contributed by atoms with Gasteiger partial charge in [-0.2, -0.15) is 0 Å². The summed E-state index contributed by atoms with van der Waals surface area (Å²) in [4.78, 5) is 38.1. The Hall–Kier alpha value is -4.19. The highest BCUT2D eigenvalue weighted by molar-refractivity contribution is 5.71. The first-order valence-corrected chi connectivity index (χ1v) is 32.0. The van der Waals surface area contributed by atoms with Crippen molar-refractivity contribution in [1.29, 1.82) is 0 Å². The van der Waals surface area contributed by atoms with Crippen LogP contribution >= 0.6 is 0 Å². The number of esters is 3. The van der Waals surface area contributed by atoms with Gasteiger partial charge in [-0.1, -0.05) is 264 Å². The third kappa shape index (κ3) is 62.5. The average molecular weight is 1070 g/mol. The van der Waals surface area contributed by atoms with Crippen molar-refractivity contribution in [2.24, 2.45) is 0 Å². The Morgan fingerprint density at radius 3 is 0.844 bits per heavy atom. The van der Waals surface area contributed by atoms with Gasteiger partial charge in [0.15, 0.2) is 6.10 Å². The van der Waals surface area contributed by atoms with Crippen molar-refractivity contribution >= 4 is 17.9 Å². The van der Waals surface area contributed by atoms with Crippen LogP contribution in [0.15, 0.2) is 122 Å². The second kappa shape index (κ2) is 64.3. The summed E-state index contributed by atoms with van der Waals surface area (Å²) >= 11 is 0. The van der Waals surface area contributed by atoms with Crippen LogP contribution in [-0.4, -0.2) is 37.2 Å². The third-order valence-corrected chi connectivity index (χ3v) is 13.4. The highest BCUT2D eigenvalue weighted by atomic mass is 16.6. The maximum Gasteiger partial charge on any atom is 0.306 e. The van der Waals surface area contributed by atoms with Crippen LogP contribution in [0.5, 0.6) is 0 Å². The molecule has 0 rings (SSSR count). The SMILES string of the molecule is CC/C=C\C/C=C\C/C=C\C/C=C\C/C=C\C/C=C\C/C=C\C/C=C\CCCCCCCCCCCCC(=O)OCC(COC(=O)CCCCCCC/C=C\CCCC)OC(=O)CCCCCCC/C=C\CCCCCC. The van der Waals surface area contributed by atoms with Gasteiger partial charge in [-0.3, -0.25) is 14.4 Å². The lowest BCUT2D eigenvalue weighted by Gasteiger charge is -2.18. The van der Waals surface area contributed by atoms with Gasteiger partial charge >= 0.3 is 17.9 Å². The maximum absolute atomic E-state index is 12.8. The van der Waals surface area contributed by atoms with Gasteiger partial charge in [-0.05, 0) is 128 Å². The Kier molecular flexibility index (Phi) is 60.8. The number of unbranched alkanes of at least 4 members (excludes halogenated alkanes) is 26. The van der Waals surface area contributed by atoms with Crippen molar-refractivity contribution in [2.75, 3.05) is 13.2 Å². The predicted molar refractivity (Wildman–Crippen MR) is 334 cm³/mol. The lowest BCUT2D eigenvalue weighted by Crippen LogP contribution is -2.30. The molecule has 77 heavy (non-hydrogen) atoms. The molecule has 0 aromatic rings. The molecule has 0 aliphatic carbocycles. The van der Waals surface area contributed by atoms with Gasteiger partial charge in [0.05, 0.1) is 0 Å². The fourth-order valence-corrected chi connectivity index (χ4v) is 8.61. The van der Waals surface area contributed by atoms with E-state index in [0.29, 0.717) is 19.3 Å². The molecule has 0 aromatic heterocycles. The zero-order chi connectivity index (χ0) is 55.7. The standard InChI is InChI=1S/C71H118O6/c1-4-7-10-13-16-19-22-24-25-26-27-28-29-30-31-32-33-34-35-36-37-38-39-40-41-42-43-44-45-47-49-52-55-58-61-64-70(73)76-67-68(66-75-69(72)63-60-57-54-51-48-21-18-15-12-9-6-3)77-71(74)65-62-59-56-53-50-46-23-20-17-14-11-8-5-2/h7,10,15-16,18-20,23-25,27-28,30-31,33-34,36-37,39-40,68H,4-6,8-9,11-14,17,21-22,26,29,32,35,38,41-67H2,1-3H3/b10-7-,18-15-,19-16-,23-20-,25-24-,28-27-,31-30-,34-33-,37-36-,40-39-. The zero-order valence-corrected chi connectivity index (χ0v) is 50.2. The van der Waals surface area contributed by atoms with Crippen LogP contribution in [-0.2, 0) is 28.6 Å². The van der Waals surface area contributed by atoms with E-state index in [9.17, 15) is 14.4 Å². The van der Waals surface area contributed by atoms with Gasteiger partial charge < -0.3 is 14.2 Å². The molecule has 0 fully saturated rings. The normalized spacial score (nSPS) is 12.9. The molecule has 0 radical (unpaired) electrons. The van der Waals surface area contributed by atoms with Gasteiger partial charge in [0, 0.05) is 19.3 Å². The van der Waals surface area contributed by atoms with Crippen molar-refractivity contribution in [3.8, 4) is 0 Å². The lowest BCUT2D eigenvalue weighted by atomic mass is 10.1. The minimum atomic E-state index is -0.788. The Morgan fingerprint density at radius 2 is 0.519 bits per heavy atom. The molecular weight excluding hydrogens is 949 g/mol. The van der Waals surface area contributed by atoms with Crippen LogP contribution in [0.4, 0.5) is 0 Å². The minimum absolute atomic E-state index is 0.0865. The average Bonchev–Trinajstić information content (AvgIpc) is 3.43. The number of carbonyl (C=O) groups is 3. The van der Waals surface area contributed by atoms with Crippen LogP contribution in [0.2, 0.25) is 0 Å². The van der Waals surface area contributed by atoms with Crippen LogP contribution in [0.1, 0.15) is 290 Å². The fourth-order valence-electron chi connectivity index (χ4n) is 8.61. The largest absolute Gasteiger partial charge is 0.462 e. The quantitative estimate of drug-likeness (QED) is 0.0261. The van der Waals surface area contributed by atoms with E-state index in [0.717, 1.165) is 128 Å². The smallest absolute Gasteiger partial charge is 0.306 e. The van der Waals surface area contributed by atoms with Crippen LogP contribution in [0.3, 0.4) is 0 Å². The van der Waals surface area contributed by atoms with Crippen molar-refractivity contribution < 1.29 is 28.6 Å². The van der Waals surface area contributed by atoms with Gasteiger partial charge in [0.2, 0.25) is 0 Å². The predicted octanol–water partition coefficient (Wildman–Crippen LogP) is 22.0. The molecule has 6 nitrogen and oxygen atoms in total. The molecule has 438 valence electrons. The van der Waals surface area contributed by atoms with E-state index in [1.165, 1.54) is 122 Å². The summed E-state index contributed by atoms with van der Waals surface area (Å²) in [7, 11) is 0. The lowest BCUT2D eigenvalue weighted by molar-refractivity contribution is -0.167. The van der Waals surface area contributed by atoms with Crippen molar-refractivity contribution in [3.05, 3.63) is 122 Å². The summed E-state index contributed by atoms with van der Waals surface area (Å²) < 4.78 is 16.8. The molecule has 0 saturated carbocycles. The van der Waals surface area contributed by atoms with Crippen LogP contribution in [0, 0.1) is 0 Å². The second-order valence-electron chi connectivity index (χ2n) is 20.9. The molecule has 0 amide bonds. The van der Waals surface area contributed by atoms with E-state index in [2.05, 4.69) is 142 Å². The molecule has 0 aliphatic rings. The molecule has 1 atom stereocenters. The minimum Gasteiger partial charge on any atom is -0.462 e. The van der Waals surface area contributed by atoms with Crippen molar-refractivity contribution in [2.45, 2.75) is 297 Å². The van der Waals surface area contributed by atoms with Crippen molar-refractivity contribution in [3.63, 3.8) is 0 Å². The van der Waals surface area contributed by atoms with Crippen LogP contribution in [0.25, 0.3) is 0 Å². The Labute approximate surface area is 475 Å². The summed E-state index contributed by atoms with van der Waals surface area (Å²) in [6.07, 6.45) is 89.3. The number of hydrogen-bond donors (Lipinski definition) is 0. The van der Waals surface area contributed by atoms with E-state index in [1.807, 2.05) is 0 Å². The van der Waals surface area contributed by atoms with Gasteiger partial charge in [0.1, 0.15) is 13.2 Å². The van der Waals surface area contributed by atoms with Gasteiger partial charge in [-0.25, -0.2) is 0 Å². The number of ether oxygens (including phenoxy) is 3. The Balaban J connectivity index is 4.16. The van der Waals surface area contributed by atoms with Crippen molar-refractivity contribution in [1.82, 2.24) is 0 Å².